The highest BCUT2D eigenvalue weighted by Gasteiger charge is 2.37. The van der Waals surface area contributed by atoms with Gasteiger partial charge in [-0.05, 0) is 121 Å². The fourth-order valence-electron chi connectivity index (χ4n) is 11.7. The van der Waals surface area contributed by atoms with Crippen molar-refractivity contribution in [3.05, 3.63) is 59.7 Å². The Morgan fingerprint density at radius 1 is 0.544 bits per heavy atom. The molecule has 4 fully saturated rings. The van der Waals surface area contributed by atoms with Gasteiger partial charge in [0.2, 0.25) is 35.4 Å². The molecule has 2 saturated carbocycles. The number of benzene rings is 2. The third kappa shape index (κ3) is 20.3. The van der Waals surface area contributed by atoms with Crippen molar-refractivity contribution in [3.8, 4) is 0 Å². The highest BCUT2D eigenvalue weighted by Crippen LogP contribution is 2.34. The molecule has 2 saturated heterocycles. The second-order valence-electron chi connectivity index (χ2n) is 23.7. The molecule has 440 valence electrons. The summed E-state index contributed by atoms with van der Waals surface area (Å²) in [5, 5.41) is 12.0. The highest BCUT2D eigenvalue weighted by molar-refractivity contribution is 5.96. The van der Waals surface area contributed by atoms with Crippen molar-refractivity contribution in [2.24, 2.45) is 23.5 Å². The lowest BCUT2D eigenvalue weighted by Gasteiger charge is -2.37. The molecule has 6 N–H and O–H groups in total. The van der Waals surface area contributed by atoms with Gasteiger partial charge in [0, 0.05) is 88.4 Å². The van der Waals surface area contributed by atoms with Crippen molar-refractivity contribution < 1.29 is 38.3 Å². The molecule has 17 nitrogen and oxygen atoms in total. The molecule has 2 aromatic rings. The topological polar surface area (TPSA) is 216 Å². The minimum atomic E-state index is -0.658. The number of amides is 6. The number of piperazine rings is 2. The van der Waals surface area contributed by atoms with Crippen molar-refractivity contribution in [2.75, 3.05) is 77.1 Å². The van der Waals surface area contributed by atoms with E-state index in [2.05, 4.69) is 38.1 Å². The number of anilines is 2. The summed E-state index contributed by atoms with van der Waals surface area (Å²) in [6.07, 6.45) is 15.1. The number of esters is 1. The predicted molar refractivity (Wildman–Crippen MR) is 313 cm³/mol. The average molecular weight is 1100 g/mol. The van der Waals surface area contributed by atoms with Crippen molar-refractivity contribution in [3.63, 3.8) is 0 Å². The number of nitrogens with two attached hydrogens (primary N) is 1. The maximum Gasteiger partial charge on any atom is 0.307 e. The number of hydrogen-bond donors (Lipinski definition) is 5. The molecule has 17 heteroatoms. The molecular weight excluding hydrogens is 999 g/mol. The lowest BCUT2D eigenvalue weighted by molar-refractivity contribution is -0.157. The Balaban J connectivity index is 0.000000295. The first kappa shape index (κ1) is 64.4. The van der Waals surface area contributed by atoms with Crippen LogP contribution in [-0.2, 0) is 38.3 Å². The Labute approximate surface area is 473 Å². The van der Waals surface area contributed by atoms with Gasteiger partial charge in [-0.3, -0.25) is 33.6 Å². The van der Waals surface area contributed by atoms with Gasteiger partial charge in [-0.1, -0.05) is 103 Å². The second kappa shape index (κ2) is 32.2. The van der Waals surface area contributed by atoms with Gasteiger partial charge in [0.05, 0.1) is 18.4 Å². The van der Waals surface area contributed by atoms with Gasteiger partial charge in [0.15, 0.2) is 0 Å². The summed E-state index contributed by atoms with van der Waals surface area (Å²) in [6.45, 7) is 19.0. The zero-order valence-electron chi connectivity index (χ0n) is 49.5. The minimum Gasteiger partial charge on any atom is -0.460 e. The molecule has 4 aliphatic rings. The molecule has 0 aromatic heterocycles. The van der Waals surface area contributed by atoms with Gasteiger partial charge < -0.3 is 51.3 Å². The SMILES string of the molecule is CCC(=O)N[C@@H](C(=O)N1CCN(C)CC1)[C@@H](CC)c1ccc(NC(=O)[C@@H](CC(=O)OC(C)(C)C)C2CCCCCC2)cc1.CCC(=O)N[C@@H](C(=O)N1CCN(C)CC1)[C@@H](CC)c1ccc(NC(=O)[C@@H](N)C2CCCCCC2)cc1. The van der Waals surface area contributed by atoms with Crippen LogP contribution < -0.4 is 27.0 Å². The largest absolute Gasteiger partial charge is 0.460 e. The number of likely N-dealkylation sites (N-methyl/N-ethyl adjacent to an activating group) is 2. The Morgan fingerprint density at radius 3 is 1.27 bits per heavy atom. The maximum absolute atomic E-state index is 13.7. The molecule has 0 bridgehead atoms. The van der Waals surface area contributed by atoms with Gasteiger partial charge in [-0.15, -0.1) is 0 Å². The van der Waals surface area contributed by atoms with E-state index in [9.17, 15) is 33.6 Å². The summed E-state index contributed by atoms with van der Waals surface area (Å²) < 4.78 is 5.59. The zero-order valence-corrected chi connectivity index (χ0v) is 49.5. The van der Waals surface area contributed by atoms with Crippen LogP contribution in [0, 0.1) is 17.8 Å². The molecule has 6 atom stereocenters. The third-order valence-corrected chi connectivity index (χ3v) is 16.7. The molecule has 2 aromatic carbocycles. The first-order valence-electron chi connectivity index (χ1n) is 30.1. The minimum absolute atomic E-state index is 0.0245. The monoisotopic (exact) mass is 1100 g/mol. The van der Waals surface area contributed by atoms with Crippen LogP contribution in [0.25, 0.3) is 0 Å². The van der Waals surface area contributed by atoms with Crippen LogP contribution in [0.5, 0.6) is 0 Å². The summed E-state index contributed by atoms with van der Waals surface area (Å²) in [7, 11) is 4.10. The second-order valence-corrected chi connectivity index (χ2v) is 23.7. The number of nitrogens with one attached hydrogen (secondary N) is 4. The standard InChI is InChI=1S/C34H54N4O5.C28H45N5O3/c1-7-27(31(36-29(39)8-2)33(42)38-21-19-37(6)20-22-38)25-15-17-26(18-16-25)35-32(41)28(23-30(40)43-34(3,4)5)24-13-11-9-10-12-14-24;1-4-23(26(31-24(34)5-2)28(36)33-18-16-32(3)17-19-33)20-12-14-22(15-13-20)30-27(35)25(29)21-10-8-6-7-9-11-21/h15-18,24,27-28,31H,7-14,19-23H2,1-6H3,(H,35,41)(H,36,39);12-15,21,23,25-26H,4-11,16-19,29H2,1-3H3,(H,30,35)(H,31,34)/t27-,28-,31+;23-,25-,26+/m00/s1. The number of carbonyl (C=O) groups is 7. The van der Waals surface area contributed by atoms with Crippen molar-refractivity contribution in [1.29, 1.82) is 0 Å². The average Bonchev–Trinajstić information content (AvgIpc) is 3.92. The molecule has 79 heavy (non-hydrogen) atoms. The van der Waals surface area contributed by atoms with E-state index in [4.69, 9.17) is 10.5 Å². The predicted octanol–water partition coefficient (Wildman–Crippen LogP) is 8.19. The molecule has 6 rings (SSSR count). The van der Waals surface area contributed by atoms with E-state index >= 15 is 0 Å². The van der Waals surface area contributed by atoms with Crippen LogP contribution >= 0.6 is 0 Å². The number of carbonyl (C=O) groups excluding carboxylic acids is 7. The smallest absolute Gasteiger partial charge is 0.307 e. The van der Waals surface area contributed by atoms with Gasteiger partial charge in [-0.25, -0.2) is 0 Å². The lowest BCUT2D eigenvalue weighted by atomic mass is 9.83. The molecule has 2 aliphatic carbocycles. The van der Waals surface area contributed by atoms with E-state index in [0.717, 1.165) is 102 Å². The van der Waals surface area contributed by atoms with Crippen LogP contribution in [0.4, 0.5) is 11.4 Å². The van der Waals surface area contributed by atoms with E-state index < -0.39 is 29.6 Å². The Kier molecular flexibility index (Phi) is 26.2. The summed E-state index contributed by atoms with van der Waals surface area (Å²) in [5.41, 5.74) is 8.95. The van der Waals surface area contributed by atoms with Gasteiger partial charge in [0.1, 0.15) is 17.7 Å². The van der Waals surface area contributed by atoms with Gasteiger partial charge in [0.25, 0.3) is 0 Å². The Hall–Kier alpha value is -5.39. The van der Waals surface area contributed by atoms with E-state index in [0.29, 0.717) is 63.2 Å². The maximum atomic E-state index is 13.7. The zero-order chi connectivity index (χ0) is 57.6. The van der Waals surface area contributed by atoms with Crippen molar-refractivity contribution in [2.45, 2.75) is 193 Å². The summed E-state index contributed by atoms with van der Waals surface area (Å²) >= 11 is 0. The fourth-order valence-corrected chi connectivity index (χ4v) is 11.7. The number of rotatable bonds is 20. The number of ether oxygens (including phenoxy) is 1. The summed E-state index contributed by atoms with van der Waals surface area (Å²) in [6, 6.07) is 13.4. The Bertz CT molecular complexity index is 2240. The number of hydrogen-bond acceptors (Lipinski definition) is 11. The number of nitrogens with zero attached hydrogens (tertiary/aromatic N) is 4. The van der Waals surface area contributed by atoms with E-state index in [-0.39, 0.29) is 71.5 Å². The van der Waals surface area contributed by atoms with Crippen molar-refractivity contribution in [1.82, 2.24) is 30.2 Å². The quantitative estimate of drug-likeness (QED) is 0.0629. The van der Waals surface area contributed by atoms with Crippen LogP contribution in [0.15, 0.2) is 48.5 Å². The third-order valence-electron chi connectivity index (χ3n) is 16.7. The van der Waals surface area contributed by atoms with Crippen molar-refractivity contribution >= 4 is 52.8 Å². The van der Waals surface area contributed by atoms with E-state index in [1.54, 1.807) is 13.8 Å². The van der Waals surface area contributed by atoms with Crippen LogP contribution in [0.2, 0.25) is 0 Å². The summed E-state index contributed by atoms with van der Waals surface area (Å²) in [4.78, 5) is 99.4. The normalized spacial score (nSPS) is 19.6. The molecule has 6 amide bonds. The Morgan fingerprint density at radius 2 is 0.911 bits per heavy atom. The van der Waals surface area contributed by atoms with Gasteiger partial charge >= 0.3 is 5.97 Å². The highest BCUT2D eigenvalue weighted by atomic mass is 16.6. The van der Waals surface area contributed by atoms with Gasteiger partial charge in [-0.2, -0.15) is 0 Å². The van der Waals surface area contributed by atoms with Crippen LogP contribution in [0.1, 0.15) is 181 Å². The first-order valence-corrected chi connectivity index (χ1v) is 30.1. The molecular formula is C62H99N9O8. The van der Waals surface area contributed by atoms with E-state index in [1.165, 1.54) is 12.8 Å². The fraction of sp³-hybridized carbons (Fsp3) is 0.694. The lowest BCUT2D eigenvalue weighted by Crippen LogP contribution is -2.56. The first-order chi connectivity index (χ1) is 37.7. The van der Waals surface area contributed by atoms with Crippen LogP contribution in [-0.4, -0.2) is 151 Å². The molecule has 2 heterocycles. The van der Waals surface area contributed by atoms with Crippen LogP contribution in [0.3, 0.4) is 0 Å². The molecule has 0 unspecified atom stereocenters. The summed E-state index contributed by atoms with van der Waals surface area (Å²) in [5.74, 6) is -1.44. The molecule has 2 aliphatic heterocycles. The molecule has 0 radical (unpaired) electrons. The molecule has 0 spiro atoms. The van der Waals surface area contributed by atoms with E-state index in [1.807, 2.05) is 100.0 Å².